The number of amides is 4. The molecule has 2 saturated carbocycles. The van der Waals surface area contributed by atoms with Gasteiger partial charge in [-0.1, -0.05) is 25.0 Å². The number of hydrogen-bond acceptors (Lipinski definition) is 13. The van der Waals surface area contributed by atoms with E-state index in [1.807, 2.05) is 41.8 Å². The number of carbonyl (C=O) groups is 5. The molecule has 0 spiro atoms. The zero-order valence-electron chi connectivity index (χ0n) is 33.6. The molecule has 6 atom stereocenters. The Morgan fingerprint density at radius 1 is 1.00 bits per heavy atom. The first kappa shape index (κ1) is 42.7. The van der Waals surface area contributed by atoms with Gasteiger partial charge in [-0.15, -0.1) is 11.3 Å². The summed E-state index contributed by atoms with van der Waals surface area (Å²) in [6.45, 7) is 0.763. The molecule has 2 aromatic rings. The summed E-state index contributed by atoms with van der Waals surface area (Å²) in [6.07, 6.45) is 7.32. The lowest BCUT2D eigenvalue weighted by Crippen LogP contribution is -2.58. The molecule has 2 N–H and O–H groups in total. The second kappa shape index (κ2) is 18.1. The van der Waals surface area contributed by atoms with Crippen LogP contribution < -0.4 is 14.8 Å². The van der Waals surface area contributed by atoms with Crippen LogP contribution in [0.2, 0.25) is 0 Å². The average molecular weight is 856 g/mol. The molecule has 4 fully saturated rings. The molecule has 1 aromatic carbocycles. The van der Waals surface area contributed by atoms with Gasteiger partial charge in [0.15, 0.2) is 5.01 Å². The summed E-state index contributed by atoms with van der Waals surface area (Å²) in [5.41, 5.74) is -0.0711. The van der Waals surface area contributed by atoms with Crippen LogP contribution in [0.5, 0.6) is 5.75 Å². The molecule has 2 aliphatic carbocycles. The van der Waals surface area contributed by atoms with E-state index in [0.29, 0.717) is 43.5 Å². The van der Waals surface area contributed by atoms with E-state index in [9.17, 15) is 32.4 Å². The maximum Gasteiger partial charge on any atom is 0.307 e. The summed E-state index contributed by atoms with van der Waals surface area (Å²) in [5.74, 6) is -4.05. The second-order valence-electron chi connectivity index (χ2n) is 16.3. The van der Waals surface area contributed by atoms with E-state index in [1.165, 1.54) is 30.5 Å². The van der Waals surface area contributed by atoms with Crippen LogP contribution in [0.4, 0.5) is 0 Å². The number of ether oxygens (including phenoxy) is 4. The van der Waals surface area contributed by atoms with Crippen LogP contribution in [0.15, 0.2) is 41.8 Å². The Morgan fingerprint density at radius 2 is 1.75 bits per heavy atom. The highest BCUT2D eigenvalue weighted by atomic mass is 32.2. The van der Waals surface area contributed by atoms with Crippen LogP contribution in [0.3, 0.4) is 0 Å². The molecule has 59 heavy (non-hydrogen) atoms. The first-order valence-corrected chi connectivity index (χ1v) is 22.7. The highest BCUT2D eigenvalue weighted by molar-refractivity contribution is 7.91. The number of sulfonamides is 1. The zero-order chi connectivity index (χ0) is 41.9. The Labute approximate surface area is 348 Å². The van der Waals surface area contributed by atoms with Crippen molar-refractivity contribution in [1.29, 1.82) is 0 Å². The van der Waals surface area contributed by atoms with Crippen molar-refractivity contribution in [2.75, 3.05) is 54.2 Å². The van der Waals surface area contributed by atoms with Crippen molar-refractivity contribution in [3.05, 3.63) is 46.8 Å². The number of fused-ring (bicyclic) bond motifs is 4. The minimum atomic E-state index is -3.92. The lowest BCUT2D eigenvalue weighted by Gasteiger charge is -2.32. The topological polar surface area (TPSA) is 200 Å². The Morgan fingerprint density at radius 3 is 2.44 bits per heavy atom. The first-order chi connectivity index (χ1) is 28.4. The summed E-state index contributed by atoms with van der Waals surface area (Å²) >= 11 is 1.22. The third kappa shape index (κ3) is 9.50. The van der Waals surface area contributed by atoms with E-state index in [1.54, 1.807) is 12.0 Å². The summed E-state index contributed by atoms with van der Waals surface area (Å²) in [4.78, 5) is 78.5. The molecule has 1 aromatic heterocycles. The first-order valence-electron chi connectivity index (χ1n) is 20.3. The van der Waals surface area contributed by atoms with Crippen LogP contribution in [-0.4, -0.2) is 130 Å². The fraction of sp³-hybridized carbons (Fsp3) is 0.610. The lowest BCUT2D eigenvalue weighted by atomic mass is 9.92. The fourth-order valence-electron chi connectivity index (χ4n) is 8.69. The van der Waals surface area contributed by atoms with Crippen LogP contribution in [0.1, 0.15) is 67.6 Å². The minimum absolute atomic E-state index is 0.112. The molecule has 4 heterocycles. The standard InChI is InChI=1S/C41H53N5O11S2/c1-54-22-30(23-55-2)57-34(47)17-26-9-7-5-4-6-8-10-28-18-41(28,40(51)44-59(52,53)31-15-16-31)43-36(48)35-32-21-45(19-27(32)20-46(35)38(26)49)39(50)37-42-33(24-58-37)25-11-13-29(56-3)14-12-25/h8,10-14,24,26-28,30-32,35H,4-7,9,15-23H2,1-3H3,(H,43,48)(H,44,51)/b10-8-/t26-,27+,28-,32+,35+,41-/m1/s1. The van der Waals surface area contributed by atoms with Gasteiger partial charge in [0.25, 0.3) is 11.8 Å². The van der Waals surface area contributed by atoms with Crippen molar-refractivity contribution in [3.63, 3.8) is 0 Å². The predicted molar refractivity (Wildman–Crippen MR) is 216 cm³/mol. The van der Waals surface area contributed by atoms with Gasteiger partial charge in [0, 0.05) is 68.5 Å². The molecule has 2 saturated heterocycles. The third-order valence-electron chi connectivity index (χ3n) is 12.1. The van der Waals surface area contributed by atoms with Gasteiger partial charge < -0.3 is 34.1 Å². The smallest absolute Gasteiger partial charge is 0.307 e. The van der Waals surface area contributed by atoms with E-state index in [0.717, 1.165) is 18.4 Å². The summed E-state index contributed by atoms with van der Waals surface area (Å²) in [5, 5.41) is 4.39. The number of benzene rings is 1. The SMILES string of the molecule is COCC(COC)OC(=O)C[C@H]1CCCCC/C=C\[C@@H]2C[C@@]2(C(=O)NS(=O)(=O)C2CC2)NC(=O)[C@@H]2[C@H]3CN(C(=O)c4nc(-c5ccc(OC)cc5)cs4)C[C@H]3CN2C1=O. The highest BCUT2D eigenvalue weighted by Gasteiger charge is 2.63. The van der Waals surface area contributed by atoms with Gasteiger partial charge in [-0.05, 0) is 62.8 Å². The van der Waals surface area contributed by atoms with Gasteiger partial charge in [0.05, 0.1) is 37.7 Å². The van der Waals surface area contributed by atoms with Crippen molar-refractivity contribution in [2.45, 2.75) is 80.7 Å². The highest BCUT2D eigenvalue weighted by Crippen LogP contribution is 2.47. The minimum Gasteiger partial charge on any atom is -0.497 e. The van der Waals surface area contributed by atoms with Crippen molar-refractivity contribution >= 4 is 51.0 Å². The van der Waals surface area contributed by atoms with Gasteiger partial charge in [0.1, 0.15) is 23.4 Å². The maximum atomic E-state index is 14.8. The zero-order valence-corrected chi connectivity index (χ0v) is 35.3. The van der Waals surface area contributed by atoms with Gasteiger partial charge in [-0.3, -0.25) is 28.7 Å². The Hall–Kier alpha value is -4.39. The normalized spacial score (nSPS) is 27.8. The molecule has 5 aliphatic rings. The van der Waals surface area contributed by atoms with Gasteiger partial charge in [0.2, 0.25) is 21.8 Å². The number of methoxy groups -OCH3 is 3. The lowest BCUT2D eigenvalue weighted by molar-refractivity contribution is -0.158. The number of nitrogens with one attached hydrogen (secondary N) is 2. The number of carbonyl (C=O) groups excluding carboxylic acids is 5. The molecule has 18 heteroatoms. The van der Waals surface area contributed by atoms with Crippen molar-refractivity contribution < 1.29 is 51.3 Å². The number of hydrogen-bond donors (Lipinski definition) is 2. The number of thiazole rings is 1. The maximum absolute atomic E-state index is 14.8. The van der Waals surface area contributed by atoms with Crippen molar-refractivity contribution in [1.82, 2.24) is 24.8 Å². The van der Waals surface area contributed by atoms with E-state index >= 15 is 0 Å². The number of nitrogens with zero attached hydrogens (tertiary/aromatic N) is 3. The van der Waals surface area contributed by atoms with E-state index in [4.69, 9.17) is 18.9 Å². The molecule has 0 radical (unpaired) electrons. The fourth-order valence-corrected chi connectivity index (χ4v) is 10.9. The molecule has 7 rings (SSSR count). The van der Waals surface area contributed by atoms with Crippen LogP contribution in [0, 0.1) is 23.7 Å². The molecule has 0 bridgehead atoms. The molecular formula is C41H53N5O11S2. The number of allylic oxidation sites excluding steroid dienone is 1. The van der Waals surface area contributed by atoms with E-state index in [2.05, 4.69) is 15.0 Å². The van der Waals surface area contributed by atoms with Gasteiger partial charge >= 0.3 is 5.97 Å². The molecule has 16 nitrogen and oxygen atoms in total. The van der Waals surface area contributed by atoms with E-state index < -0.39 is 68.5 Å². The summed E-state index contributed by atoms with van der Waals surface area (Å²) in [7, 11) is 0.633. The van der Waals surface area contributed by atoms with Crippen LogP contribution in [-0.2, 0) is 43.4 Å². The third-order valence-corrected chi connectivity index (χ3v) is 14.7. The van der Waals surface area contributed by atoms with Crippen LogP contribution in [0.25, 0.3) is 11.3 Å². The largest absolute Gasteiger partial charge is 0.497 e. The Balaban J connectivity index is 1.15. The molecule has 0 unspecified atom stereocenters. The second-order valence-corrected chi connectivity index (χ2v) is 19.1. The molecular weight excluding hydrogens is 803 g/mol. The number of esters is 1. The summed E-state index contributed by atoms with van der Waals surface area (Å²) < 4.78 is 49.4. The van der Waals surface area contributed by atoms with Crippen LogP contribution >= 0.6 is 11.3 Å². The number of rotatable bonds is 13. The van der Waals surface area contributed by atoms with Gasteiger partial charge in [-0.25, -0.2) is 13.4 Å². The predicted octanol–water partition coefficient (Wildman–Crippen LogP) is 2.93. The van der Waals surface area contributed by atoms with Gasteiger partial charge in [-0.2, -0.15) is 0 Å². The monoisotopic (exact) mass is 855 g/mol. The van der Waals surface area contributed by atoms with Crippen molar-refractivity contribution in [3.8, 4) is 17.0 Å². The van der Waals surface area contributed by atoms with E-state index in [-0.39, 0.29) is 68.4 Å². The number of likely N-dealkylation sites (tertiary alicyclic amines) is 1. The molecule has 3 aliphatic heterocycles. The average Bonchev–Trinajstić information content (AvgIpc) is 4.03. The van der Waals surface area contributed by atoms with Crippen molar-refractivity contribution in [2.24, 2.45) is 23.7 Å². The quantitative estimate of drug-likeness (QED) is 0.221. The Bertz CT molecular complexity index is 2030. The Kier molecular flexibility index (Phi) is 13.1. The summed E-state index contributed by atoms with van der Waals surface area (Å²) in [6, 6.07) is 6.25. The number of aromatic nitrogens is 1. The molecule has 320 valence electrons. The molecule has 4 amide bonds.